The van der Waals surface area contributed by atoms with Crippen LogP contribution >= 0.6 is 11.6 Å². The number of anilines is 1. The lowest BCUT2D eigenvalue weighted by Crippen LogP contribution is -2.47. The van der Waals surface area contributed by atoms with Crippen LogP contribution in [-0.4, -0.2) is 29.0 Å². The van der Waals surface area contributed by atoms with Crippen molar-refractivity contribution in [2.24, 2.45) is 5.10 Å². The fourth-order valence-corrected chi connectivity index (χ4v) is 3.49. The molecule has 0 radical (unpaired) electrons. The second-order valence-electron chi connectivity index (χ2n) is 6.68. The van der Waals surface area contributed by atoms with Gasteiger partial charge in [-0.05, 0) is 23.8 Å². The van der Waals surface area contributed by atoms with Gasteiger partial charge in [0, 0.05) is 11.4 Å². The monoisotopic (exact) mass is 397 g/mol. The summed E-state index contributed by atoms with van der Waals surface area (Å²) >= 11 is 5.97. The third-order valence-electron chi connectivity index (χ3n) is 4.70. The molecule has 0 saturated carbocycles. The smallest absolute Gasteiger partial charge is 0.354 e. The number of halogens is 1. The molecular formula is C20H16ClN3O4. The van der Waals surface area contributed by atoms with Gasteiger partial charge >= 0.3 is 5.97 Å². The molecule has 1 N–H and O–H groups in total. The van der Waals surface area contributed by atoms with Crippen LogP contribution in [0.4, 0.5) is 5.69 Å². The lowest BCUT2D eigenvalue weighted by Gasteiger charge is -2.21. The van der Waals surface area contributed by atoms with Gasteiger partial charge in [0.25, 0.3) is 5.91 Å². The molecule has 2 aromatic rings. The maximum atomic E-state index is 13.0. The summed E-state index contributed by atoms with van der Waals surface area (Å²) in [6, 6.07) is 15.7. The molecule has 1 fully saturated rings. The van der Waals surface area contributed by atoms with Crippen molar-refractivity contribution in [1.82, 2.24) is 5.43 Å². The first-order valence-electron chi connectivity index (χ1n) is 8.66. The molecular weight excluding hydrogens is 382 g/mol. The number of hydrazone groups is 1. The summed E-state index contributed by atoms with van der Waals surface area (Å²) in [5.41, 5.74) is 2.76. The largest absolute Gasteiger partial charge is 0.456 e. The molecule has 142 valence electrons. The third kappa shape index (κ3) is 3.25. The molecule has 7 nitrogen and oxygen atoms in total. The summed E-state index contributed by atoms with van der Waals surface area (Å²) in [7, 11) is 0. The number of amides is 2. The molecule has 2 aliphatic heterocycles. The van der Waals surface area contributed by atoms with E-state index in [0.29, 0.717) is 10.7 Å². The Morgan fingerprint density at radius 2 is 1.93 bits per heavy atom. The fourth-order valence-electron chi connectivity index (χ4n) is 3.31. The molecule has 1 unspecified atom stereocenters. The summed E-state index contributed by atoms with van der Waals surface area (Å²) in [4.78, 5) is 38.9. The minimum atomic E-state index is -1.26. The number of nitrogens with zero attached hydrogens (tertiary/aromatic N) is 2. The Labute approximate surface area is 165 Å². The Morgan fingerprint density at radius 3 is 2.68 bits per heavy atom. The number of imide groups is 1. The van der Waals surface area contributed by atoms with Crippen LogP contribution in [0.3, 0.4) is 0 Å². The van der Waals surface area contributed by atoms with Crippen LogP contribution < -0.4 is 10.3 Å². The maximum Gasteiger partial charge on any atom is 0.354 e. The van der Waals surface area contributed by atoms with Crippen LogP contribution in [0, 0.1) is 0 Å². The molecule has 8 heteroatoms. The SMILES string of the molecule is O=C(OCc1ccccc1)C1=NNC2(CC(=O)N(c3cccc(Cl)c3)C2=O)C1. The van der Waals surface area contributed by atoms with Gasteiger partial charge in [0.05, 0.1) is 12.1 Å². The number of hydrogen-bond donors (Lipinski definition) is 1. The number of esters is 1. The second kappa shape index (κ2) is 7.09. The van der Waals surface area contributed by atoms with E-state index in [2.05, 4.69) is 10.5 Å². The Hall–Kier alpha value is -3.19. The summed E-state index contributed by atoms with van der Waals surface area (Å²) in [6.07, 6.45) is -0.112. The van der Waals surface area contributed by atoms with Crippen LogP contribution in [0.1, 0.15) is 18.4 Å². The molecule has 0 bridgehead atoms. The summed E-state index contributed by atoms with van der Waals surface area (Å²) in [5.74, 6) is -1.46. The zero-order valence-electron chi connectivity index (χ0n) is 14.7. The zero-order valence-corrected chi connectivity index (χ0v) is 15.5. The van der Waals surface area contributed by atoms with Gasteiger partial charge in [0.2, 0.25) is 5.91 Å². The molecule has 0 aromatic heterocycles. The molecule has 28 heavy (non-hydrogen) atoms. The number of ether oxygens (including phenoxy) is 1. The van der Waals surface area contributed by atoms with Gasteiger partial charge in [0.1, 0.15) is 17.9 Å². The molecule has 1 atom stereocenters. The van der Waals surface area contributed by atoms with E-state index in [0.717, 1.165) is 10.5 Å². The molecule has 2 aromatic carbocycles. The first kappa shape index (κ1) is 18.2. The molecule has 0 aliphatic carbocycles. The number of benzene rings is 2. The molecule has 2 aliphatic rings. The molecule has 1 spiro atoms. The average molecular weight is 398 g/mol. The van der Waals surface area contributed by atoms with Crippen molar-refractivity contribution >= 4 is 40.8 Å². The second-order valence-corrected chi connectivity index (χ2v) is 7.12. The van der Waals surface area contributed by atoms with E-state index in [9.17, 15) is 14.4 Å². The van der Waals surface area contributed by atoms with Gasteiger partial charge < -0.3 is 4.74 Å². The topological polar surface area (TPSA) is 88.1 Å². The van der Waals surface area contributed by atoms with E-state index in [1.165, 1.54) is 0 Å². The molecule has 2 amide bonds. The van der Waals surface area contributed by atoms with E-state index < -0.39 is 17.4 Å². The number of carbonyl (C=O) groups excluding carboxylic acids is 3. The quantitative estimate of drug-likeness (QED) is 0.632. The van der Waals surface area contributed by atoms with Crippen LogP contribution in [0.2, 0.25) is 5.02 Å². The van der Waals surface area contributed by atoms with Gasteiger partial charge in [-0.3, -0.25) is 15.0 Å². The van der Waals surface area contributed by atoms with Gasteiger partial charge in [0.15, 0.2) is 0 Å². The maximum absolute atomic E-state index is 13.0. The number of nitrogens with one attached hydrogen (secondary N) is 1. The van der Waals surface area contributed by atoms with Crippen molar-refractivity contribution in [3.63, 3.8) is 0 Å². The molecule has 4 rings (SSSR count). The highest BCUT2D eigenvalue weighted by Crippen LogP contribution is 2.35. The Morgan fingerprint density at radius 1 is 1.14 bits per heavy atom. The third-order valence-corrected chi connectivity index (χ3v) is 4.94. The van der Waals surface area contributed by atoms with Crippen molar-refractivity contribution in [2.75, 3.05) is 4.90 Å². The highest BCUT2D eigenvalue weighted by Gasteiger charge is 2.56. The zero-order chi connectivity index (χ0) is 19.7. The Balaban J connectivity index is 1.45. The predicted octanol–water partition coefficient (Wildman–Crippen LogP) is 2.43. The highest BCUT2D eigenvalue weighted by atomic mass is 35.5. The Kier molecular flexibility index (Phi) is 4.60. The van der Waals surface area contributed by atoms with Crippen molar-refractivity contribution in [3.05, 3.63) is 65.2 Å². The van der Waals surface area contributed by atoms with Crippen LogP contribution in [-0.2, 0) is 25.7 Å². The molecule has 2 heterocycles. The van der Waals surface area contributed by atoms with Crippen molar-refractivity contribution in [2.45, 2.75) is 25.0 Å². The number of rotatable bonds is 4. The van der Waals surface area contributed by atoms with Crippen LogP contribution in [0.15, 0.2) is 59.7 Å². The standard InChI is InChI=1S/C20H16ClN3O4/c21-14-7-4-8-15(9-14)24-17(25)11-20(19(24)27)10-16(22-23-20)18(26)28-12-13-5-2-1-3-6-13/h1-9,23H,10-12H2. The van der Waals surface area contributed by atoms with E-state index in [1.807, 2.05) is 30.3 Å². The first-order chi connectivity index (χ1) is 13.5. The summed E-state index contributed by atoms with van der Waals surface area (Å²) < 4.78 is 5.27. The fraction of sp³-hybridized carbons (Fsp3) is 0.200. The van der Waals surface area contributed by atoms with Gasteiger partial charge in [-0.25, -0.2) is 9.69 Å². The van der Waals surface area contributed by atoms with Gasteiger partial charge in [-0.2, -0.15) is 5.10 Å². The van der Waals surface area contributed by atoms with Crippen LogP contribution in [0.25, 0.3) is 0 Å². The molecule has 1 saturated heterocycles. The van der Waals surface area contributed by atoms with E-state index in [1.54, 1.807) is 24.3 Å². The van der Waals surface area contributed by atoms with Crippen molar-refractivity contribution in [3.8, 4) is 0 Å². The minimum absolute atomic E-state index is 0.0116. The summed E-state index contributed by atoms with van der Waals surface area (Å²) in [6.45, 7) is 0.104. The van der Waals surface area contributed by atoms with E-state index in [4.69, 9.17) is 16.3 Å². The highest BCUT2D eigenvalue weighted by molar-refractivity contribution is 6.39. The van der Waals surface area contributed by atoms with E-state index >= 15 is 0 Å². The normalized spacial score (nSPS) is 21.0. The lowest BCUT2D eigenvalue weighted by atomic mass is 9.93. The van der Waals surface area contributed by atoms with Crippen LogP contribution in [0.5, 0.6) is 0 Å². The number of hydrogen-bond acceptors (Lipinski definition) is 6. The van der Waals surface area contributed by atoms with Gasteiger partial charge in [-0.15, -0.1) is 0 Å². The Bertz CT molecular complexity index is 992. The number of carbonyl (C=O) groups is 3. The van der Waals surface area contributed by atoms with Gasteiger partial charge in [-0.1, -0.05) is 48.0 Å². The average Bonchev–Trinajstić information content (AvgIpc) is 3.22. The van der Waals surface area contributed by atoms with Crippen molar-refractivity contribution < 1.29 is 19.1 Å². The predicted molar refractivity (Wildman–Crippen MR) is 103 cm³/mol. The first-order valence-corrected chi connectivity index (χ1v) is 9.04. The van der Waals surface area contributed by atoms with E-state index in [-0.39, 0.29) is 31.1 Å². The summed E-state index contributed by atoms with van der Waals surface area (Å²) in [5, 5.41) is 4.40. The lowest BCUT2D eigenvalue weighted by molar-refractivity contribution is -0.136. The minimum Gasteiger partial charge on any atom is -0.456 e. The van der Waals surface area contributed by atoms with Crippen molar-refractivity contribution in [1.29, 1.82) is 0 Å².